The summed E-state index contributed by atoms with van der Waals surface area (Å²) < 4.78 is 9.47. The van der Waals surface area contributed by atoms with E-state index in [0.29, 0.717) is 6.10 Å². The third-order valence-corrected chi connectivity index (χ3v) is 3.86. The lowest BCUT2D eigenvalue weighted by Gasteiger charge is -2.08. The molecule has 0 spiro atoms. The number of rotatable bonds is 6. The third-order valence-electron chi connectivity index (χ3n) is 3.86. The summed E-state index contributed by atoms with van der Waals surface area (Å²) in [6, 6.07) is 0. The van der Waals surface area contributed by atoms with Crippen LogP contribution >= 0.6 is 0 Å². The molecule has 0 bridgehead atoms. The molecule has 3 heterocycles. The fraction of sp³-hybridized carbons (Fsp3) is 0.600. The Hall–Kier alpha value is -1.82. The van der Waals surface area contributed by atoms with Crippen LogP contribution < -0.4 is 5.32 Å². The first-order valence-electron chi connectivity index (χ1n) is 7.64. The predicted octanol–water partition coefficient (Wildman–Crippen LogP) is 1.97. The fourth-order valence-corrected chi connectivity index (χ4v) is 2.78. The number of hydrogen-bond donors (Lipinski definition) is 1. The van der Waals surface area contributed by atoms with E-state index in [1.54, 1.807) is 0 Å². The molecule has 1 aliphatic heterocycles. The predicted molar refractivity (Wildman–Crippen MR) is 81.1 cm³/mol. The molecule has 1 fully saturated rings. The SMILES string of the molecule is CCc1nn(C)cc1CNc1cnn(CC2CCCO2)c1. The summed E-state index contributed by atoms with van der Waals surface area (Å²) in [6.07, 6.45) is 9.57. The minimum Gasteiger partial charge on any atom is -0.378 e. The number of hydrogen-bond acceptors (Lipinski definition) is 4. The topological polar surface area (TPSA) is 56.9 Å². The van der Waals surface area contributed by atoms with E-state index in [1.807, 2.05) is 28.8 Å². The second kappa shape index (κ2) is 6.30. The highest BCUT2D eigenvalue weighted by molar-refractivity contribution is 5.39. The van der Waals surface area contributed by atoms with Crippen LogP contribution in [0.3, 0.4) is 0 Å². The molecular weight excluding hydrogens is 266 g/mol. The number of nitrogens with zero attached hydrogens (tertiary/aromatic N) is 4. The summed E-state index contributed by atoms with van der Waals surface area (Å²) in [4.78, 5) is 0. The maximum Gasteiger partial charge on any atom is 0.0771 e. The van der Waals surface area contributed by atoms with Crippen LogP contribution in [0.2, 0.25) is 0 Å². The van der Waals surface area contributed by atoms with Crippen LogP contribution in [0.25, 0.3) is 0 Å². The Bertz CT molecular complexity index is 583. The molecule has 1 N–H and O–H groups in total. The molecule has 1 atom stereocenters. The van der Waals surface area contributed by atoms with Gasteiger partial charge in [-0.25, -0.2) is 0 Å². The Morgan fingerprint density at radius 1 is 1.43 bits per heavy atom. The highest BCUT2D eigenvalue weighted by Gasteiger charge is 2.16. The van der Waals surface area contributed by atoms with Crippen molar-refractivity contribution < 1.29 is 4.74 Å². The Morgan fingerprint density at radius 2 is 2.33 bits per heavy atom. The van der Waals surface area contributed by atoms with Gasteiger partial charge >= 0.3 is 0 Å². The number of aryl methyl sites for hydroxylation is 2. The molecule has 0 radical (unpaired) electrons. The third kappa shape index (κ3) is 3.44. The maximum absolute atomic E-state index is 5.64. The number of anilines is 1. The molecule has 0 aromatic carbocycles. The van der Waals surface area contributed by atoms with Crippen LogP contribution in [0.1, 0.15) is 31.0 Å². The molecule has 114 valence electrons. The standard InChI is InChI=1S/C15H23N5O/c1-3-15-12(9-19(2)18-15)7-16-13-8-17-20(10-13)11-14-5-4-6-21-14/h8-10,14,16H,3-7,11H2,1-2H3. The van der Waals surface area contributed by atoms with Gasteiger partial charge in [-0.3, -0.25) is 9.36 Å². The molecule has 6 nitrogen and oxygen atoms in total. The first-order valence-corrected chi connectivity index (χ1v) is 7.64. The molecule has 6 heteroatoms. The lowest BCUT2D eigenvalue weighted by Crippen LogP contribution is -2.15. The summed E-state index contributed by atoms with van der Waals surface area (Å²) in [5.74, 6) is 0. The van der Waals surface area contributed by atoms with Crippen molar-refractivity contribution in [1.82, 2.24) is 19.6 Å². The van der Waals surface area contributed by atoms with E-state index in [9.17, 15) is 0 Å². The minimum absolute atomic E-state index is 0.322. The van der Waals surface area contributed by atoms with Crippen molar-refractivity contribution in [3.05, 3.63) is 29.8 Å². The van der Waals surface area contributed by atoms with Crippen molar-refractivity contribution in [3.8, 4) is 0 Å². The van der Waals surface area contributed by atoms with Crippen LogP contribution in [-0.2, 0) is 31.3 Å². The number of ether oxygens (including phenoxy) is 1. The van der Waals surface area contributed by atoms with Gasteiger partial charge in [0.15, 0.2) is 0 Å². The molecular formula is C15H23N5O. The first kappa shape index (κ1) is 14.1. The van der Waals surface area contributed by atoms with Crippen LogP contribution in [-0.4, -0.2) is 32.3 Å². The van der Waals surface area contributed by atoms with Crippen molar-refractivity contribution in [2.45, 2.75) is 45.4 Å². The molecule has 21 heavy (non-hydrogen) atoms. The van der Waals surface area contributed by atoms with E-state index in [4.69, 9.17) is 4.74 Å². The number of aromatic nitrogens is 4. The average Bonchev–Trinajstić information content (AvgIpc) is 3.18. The second-order valence-electron chi connectivity index (χ2n) is 5.57. The van der Waals surface area contributed by atoms with E-state index >= 15 is 0 Å². The number of nitrogens with one attached hydrogen (secondary N) is 1. The van der Waals surface area contributed by atoms with Gasteiger partial charge in [0.1, 0.15) is 0 Å². The smallest absolute Gasteiger partial charge is 0.0771 e. The lowest BCUT2D eigenvalue weighted by molar-refractivity contribution is 0.0940. The van der Waals surface area contributed by atoms with Crippen molar-refractivity contribution >= 4 is 5.69 Å². The molecule has 0 aliphatic carbocycles. The van der Waals surface area contributed by atoms with Crippen molar-refractivity contribution in [1.29, 1.82) is 0 Å². The van der Waals surface area contributed by atoms with Gasteiger partial charge in [0.2, 0.25) is 0 Å². The Labute approximate surface area is 125 Å². The highest BCUT2D eigenvalue weighted by Crippen LogP contribution is 2.16. The monoisotopic (exact) mass is 289 g/mol. The van der Waals surface area contributed by atoms with Gasteiger partial charge in [-0.15, -0.1) is 0 Å². The fourth-order valence-electron chi connectivity index (χ4n) is 2.78. The maximum atomic E-state index is 5.64. The van der Waals surface area contributed by atoms with E-state index in [-0.39, 0.29) is 0 Å². The van der Waals surface area contributed by atoms with Gasteiger partial charge in [-0.1, -0.05) is 6.92 Å². The van der Waals surface area contributed by atoms with Gasteiger partial charge in [-0.05, 0) is 19.3 Å². The zero-order valence-electron chi connectivity index (χ0n) is 12.7. The Morgan fingerprint density at radius 3 is 3.10 bits per heavy atom. The molecule has 0 saturated carbocycles. The van der Waals surface area contributed by atoms with Crippen LogP contribution in [0.15, 0.2) is 18.6 Å². The molecule has 3 rings (SSSR count). The van der Waals surface area contributed by atoms with Gasteiger partial charge in [-0.2, -0.15) is 10.2 Å². The van der Waals surface area contributed by atoms with Gasteiger partial charge < -0.3 is 10.1 Å². The zero-order valence-corrected chi connectivity index (χ0v) is 12.7. The van der Waals surface area contributed by atoms with E-state index in [1.165, 1.54) is 5.56 Å². The van der Waals surface area contributed by atoms with Gasteiger partial charge in [0, 0.05) is 38.2 Å². The highest BCUT2D eigenvalue weighted by atomic mass is 16.5. The largest absolute Gasteiger partial charge is 0.378 e. The molecule has 1 aliphatic rings. The summed E-state index contributed by atoms with van der Waals surface area (Å²) in [5.41, 5.74) is 3.43. The van der Waals surface area contributed by atoms with Crippen molar-refractivity contribution in [3.63, 3.8) is 0 Å². The summed E-state index contributed by atoms with van der Waals surface area (Å²) >= 11 is 0. The van der Waals surface area contributed by atoms with Crippen molar-refractivity contribution in [2.75, 3.05) is 11.9 Å². The van der Waals surface area contributed by atoms with E-state index in [0.717, 1.165) is 50.3 Å². The van der Waals surface area contributed by atoms with Crippen LogP contribution in [0, 0.1) is 0 Å². The second-order valence-corrected chi connectivity index (χ2v) is 5.57. The summed E-state index contributed by atoms with van der Waals surface area (Å²) in [7, 11) is 1.96. The van der Waals surface area contributed by atoms with Crippen molar-refractivity contribution in [2.24, 2.45) is 7.05 Å². The molecule has 0 amide bonds. The summed E-state index contributed by atoms with van der Waals surface area (Å²) in [6.45, 7) is 4.64. The Balaban J connectivity index is 1.56. The van der Waals surface area contributed by atoms with Crippen LogP contribution in [0.5, 0.6) is 0 Å². The van der Waals surface area contributed by atoms with Crippen LogP contribution in [0.4, 0.5) is 5.69 Å². The van der Waals surface area contributed by atoms with E-state index < -0.39 is 0 Å². The molecule has 1 saturated heterocycles. The molecule has 2 aromatic heterocycles. The molecule has 1 unspecified atom stereocenters. The quantitative estimate of drug-likeness (QED) is 0.883. The average molecular weight is 289 g/mol. The normalized spacial score (nSPS) is 18.3. The van der Waals surface area contributed by atoms with Gasteiger partial charge in [0.25, 0.3) is 0 Å². The zero-order chi connectivity index (χ0) is 14.7. The van der Waals surface area contributed by atoms with E-state index in [2.05, 4.69) is 28.6 Å². The Kier molecular flexibility index (Phi) is 4.24. The first-order chi connectivity index (χ1) is 10.2. The minimum atomic E-state index is 0.322. The summed E-state index contributed by atoms with van der Waals surface area (Å²) in [5, 5.41) is 12.3. The van der Waals surface area contributed by atoms with Gasteiger partial charge in [0.05, 0.1) is 30.2 Å². The molecule has 2 aromatic rings. The lowest BCUT2D eigenvalue weighted by atomic mass is 10.2.